The molecule has 3 N–H and O–H groups in total. The fourth-order valence-corrected chi connectivity index (χ4v) is 2.55. The number of nitrogens with one attached hydrogen (secondary N) is 1. The Balaban J connectivity index is 1.57. The highest BCUT2D eigenvalue weighted by molar-refractivity contribution is 7.89. The van der Waals surface area contributed by atoms with Gasteiger partial charge in [0.05, 0.1) is 12.4 Å². The van der Waals surface area contributed by atoms with E-state index in [4.69, 9.17) is 15.2 Å². The molecule has 1 aromatic rings. The van der Waals surface area contributed by atoms with E-state index in [0.717, 1.165) is 6.61 Å². The molecular formula is C14H22N2O4S. The van der Waals surface area contributed by atoms with Gasteiger partial charge in [-0.1, -0.05) is 0 Å². The van der Waals surface area contributed by atoms with Crippen molar-refractivity contribution in [1.82, 2.24) is 4.72 Å². The Bertz CT molecular complexity index is 526. The fraction of sp³-hybridized carbons (Fsp3) is 0.571. The van der Waals surface area contributed by atoms with E-state index in [-0.39, 0.29) is 12.4 Å². The van der Waals surface area contributed by atoms with E-state index in [1.807, 2.05) is 0 Å². The Hall–Kier alpha value is -1.31. The van der Waals surface area contributed by atoms with Gasteiger partial charge in [0, 0.05) is 18.8 Å². The molecule has 0 spiro atoms. The quantitative estimate of drug-likeness (QED) is 0.496. The van der Waals surface area contributed by atoms with Crippen LogP contribution < -0.4 is 15.2 Å². The average molecular weight is 314 g/mol. The molecule has 0 saturated heterocycles. The van der Waals surface area contributed by atoms with Crippen LogP contribution in [-0.4, -0.2) is 40.5 Å². The van der Waals surface area contributed by atoms with Crippen molar-refractivity contribution in [3.05, 3.63) is 24.3 Å². The van der Waals surface area contributed by atoms with Crippen LogP contribution in [0.3, 0.4) is 0 Å². The van der Waals surface area contributed by atoms with E-state index in [1.165, 1.54) is 12.8 Å². The van der Waals surface area contributed by atoms with Crippen molar-refractivity contribution in [2.45, 2.75) is 12.8 Å². The lowest BCUT2D eigenvalue weighted by atomic mass is 10.3. The van der Waals surface area contributed by atoms with Crippen molar-refractivity contribution >= 4 is 15.7 Å². The molecule has 0 bridgehead atoms. The largest absolute Gasteiger partial charge is 0.492 e. The third-order valence-electron chi connectivity index (χ3n) is 3.12. The lowest BCUT2D eigenvalue weighted by Crippen LogP contribution is -2.31. The average Bonchev–Trinajstić information content (AvgIpc) is 3.24. The molecule has 7 heteroatoms. The molecule has 118 valence electrons. The highest BCUT2D eigenvalue weighted by Gasteiger charge is 2.21. The summed E-state index contributed by atoms with van der Waals surface area (Å²) in [5.74, 6) is 1.21. The number of rotatable bonds is 10. The number of ether oxygens (including phenoxy) is 2. The van der Waals surface area contributed by atoms with Crippen molar-refractivity contribution in [3.8, 4) is 5.75 Å². The third kappa shape index (κ3) is 6.79. The number of benzene rings is 1. The molecule has 2 rings (SSSR count). The van der Waals surface area contributed by atoms with Crippen LogP contribution >= 0.6 is 0 Å². The first kappa shape index (κ1) is 16.1. The topological polar surface area (TPSA) is 90.7 Å². The first-order valence-corrected chi connectivity index (χ1v) is 8.74. The summed E-state index contributed by atoms with van der Waals surface area (Å²) < 4.78 is 36.7. The predicted octanol–water partition coefficient (Wildman–Crippen LogP) is 0.994. The second kappa shape index (κ2) is 7.63. The van der Waals surface area contributed by atoms with Crippen LogP contribution in [0.15, 0.2) is 24.3 Å². The first-order chi connectivity index (χ1) is 10.1. The van der Waals surface area contributed by atoms with Gasteiger partial charge in [-0.3, -0.25) is 0 Å². The van der Waals surface area contributed by atoms with Gasteiger partial charge in [-0.15, -0.1) is 0 Å². The summed E-state index contributed by atoms with van der Waals surface area (Å²) >= 11 is 0. The highest BCUT2D eigenvalue weighted by atomic mass is 32.2. The molecule has 0 amide bonds. The Morgan fingerprint density at radius 3 is 2.57 bits per heavy atom. The van der Waals surface area contributed by atoms with E-state index < -0.39 is 10.0 Å². The van der Waals surface area contributed by atoms with Crippen molar-refractivity contribution in [2.24, 2.45) is 5.92 Å². The van der Waals surface area contributed by atoms with Gasteiger partial charge in [-0.05, 0) is 43.0 Å². The Morgan fingerprint density at radius 2 is 1.90 bits per heavy atom. The van der Waals surface area contributed by atoms with Crippen LogP contribution in [0, 0.1) is 5.92 Å². The monoisotopic (exact) mass is 314 g/mol. The maximum Gasteiger partial charge on any atom is 0.215 e. The van der Waals surface area contributed by atoms with Gasteiger partial charge in [-0.25, -0.2) is 13.1 Å². The summed E-state index contributed by atoms with van der Waals surface area (Å²) in [5, 5.41) is 0. The van der Waals surface area contributed by atoms with Gasteiger partial charge >= 0.3 is 0 Å². The minimum absolute atomic E-state index is 0.0833. The molecule has 1 aliphatic carbocycles. The molecule has 0 aromatic heterocycles. The SMILES string of the molecule is Nc1ccc(OCCS(=O)(=O)NCCOCC2CC2)cc1. The van der Waals surface area contributed by atoms with Crippen LogP contribution in [0.4, 0.5) is 5.69 Å². The first-order valence-electron chi connectivity index (χ1n) is 7.08. The minimum atomic E-state index is -3.32. The van der Waals surface area contributed by atoms with Crippen molar-refractivity contribution in [3.63, 3.8) is 0 Å². The fourth-order valence-electron chi connectivity index (χ4n) is 1.71. The van der Waals surface area contributed by atoms with Crippen molar-refractivity contribution in [2.75, 3.05) is 37.9 Å². The molecule has 0 radical (unpaired) electrons. The van der Waals surface area contributed by atoms with E-state index in [2.05, 4.69) is 4.72 Å². The molecular weight excluding hydrogens is 292 g/mol. The standard InChI is InChI=1S/C14H22N2O4S/c15-13-3-5-14(6-4-13)20-9-10-21(17,18)16-7-8-19-11-12-1-2-12/h3-6,12,16H,1-2,7-11,15H2. The number of anilines is 1. The molecule has 1 saturated carbocycles. The Labute approximate surface area is 125 Å². The molecule has 1 aliphatic rings. The minimum Gasteiger partial charge on any atom is -0.492 e. The van der Waals surface area contributed by atoms with Crippen molar-refractivity contribution in [1.29, 1.82) is 0 Å². The molecule has 0 atom stereocenters. The summed E-state index contributed by atoms with van der Waals surface area (Å²) in [6, 6.07) is 6.83. The molecule has 21 heavy (non-hydrogen) atoms. The van der Waals surface area contributed by atoms with Gasteiger partial charge in [0.1, 0.15) is 12.4 Å². The Morgan fingerprint density at radius 1 is 1.19 bits per heavy atom. The smallest absolute Gasteiger partial charge is 0.215 e. The Kier molecular flexibility index (Phi) is 5.84. The zero-order valence-corrected chi connectivity index (χ0v) is 12.8. The van der Waals surface area contributed by atoms with E-state index in [1.54, 1.807) is 24.3 Å². The van der Waals surface area contributed by atoms with Crippen LogP contribution in [0.5, 0.6) is 5.75 Å². The number of nitrogen functional groups attached to an aromatic ring is 1. The number of nitrogens with two attached hydrogens (primary N) is 1. The summed E-state index contributed by atoms with van der Waals surface area (Å²) in [5.41, 5.74) is 6.19. The normalized spacial score (nSPS) is 15.0. The number of hydrogen-bond acceptors (Lipinski definition) is 5. The van der Waals surface area contributed by atoms with Crippen molar-refractivity contribution < 1.29 is 17.9 Å². The van der Waals surface area contributed by atoms with Gasteiger partial charge in [0.2, 0.25) is 10.0 Å². The zero-order chi connectivity index (χ0) is 15.1. The van der Waals surface area contributed by atoms with Crippen LogP contribution in [0.25, 0.3) is 0 Å². The second-order valence-electron chi connectivity index (χ2n) is 5.15. The second-order valence-corrected chi connectivity index (χ2v) is 7.08. The summed E-state index contributed by atoms with van der Waals surface area (Å²) in [6.45, 7) is 1.55. The molecule has 1 aromatic carbocycles. The van der Waals surface area contributed by atoms with Gasteiger partial charge in [-0.2, -0.15) is 0 Å². The maximum absolute atomic E-state index is 11.7. The summed E-state index contributed by atoms with van der Waals surface area (Å²) in [7, 11) is -3.32. The van der Waals surface area contributed by atoms with Gasteiger partial charge < -0.3 is 15.2 Å². The molecule has 1 fully saturated rings. The molecule has 0 heterocycles. The predicted molar refractivity (Wildman–Crippen MR) is 81.7 cm³/mol. The number of hydrogen-bond donors (Lipinski definition) is 2. The van der Waals surface area contributed by atoms with Crippen LogP contribution in [0.1, 0.15) is 12.8 Å². The van der Waals surface area contributed by atoms with Gasteiger partial charge in [0.25, 0.3) is 0 Å². The molecule has 0 unspecified atom stereocenters. The zero-order valence-electron chi connectivity index (χ0n) is 12.0. The van der Waals surface area contributed by atoms with Gasteiger partial charge in [0.15, 0.2) is 0 Å². The van der Waals surface area contributed by atoms with E-state index in [0.29, 0.717) is 30.5 Å². The lowest BCUT2D eigenvalue weighted by Gasteiger charge is -2.09. The number of sulfonamides is 1. The summed E-state index contributed by atoms with van der Waals surface area (Å²) in [6.07, 6.45) is 2.46. The lowest BCUT2D eigenvalue weighted by molar-refractivity contribution is 0.129. The maximum atomic E-state index is 11.7. The van der Waals surface area contributed by atoms with Crippen LogP contribution in [-0.2, 0) is 14.8 Å². The van der Waals surface area contributed by atoms with E-state index in [9.17, 15) is 8.42 Å². The highest BCUT2D eigenvalue weighted by Crippen LogP contribution is 2.28. The third-order valence-corrected chi connectivity index (χ3v) is 4.47. The van der Waals surface area contributed by atoms with Crippen LogP contribution in [0.2, 0.25) is 0 Å². The molecule has 0 aliphatic heterocycles. The van der Waals surface area contributed by atoms with E-state index >= 15 is 0 Å². The molecule has 6 nitrogen and oxygen atoms in total. The summed E-state index contributed by atoms with van der Waals surface area (Å²) in [4.78, 5) is 0.